The molecule has 37 valence electrons. The molecule has 0 unspecified atom stereocenters. The van der Waals surface area contributed by atoms with Gasteiger partial charge in [-0.2, -0.15) is 8.78 Å². The first-order chi connectivity index (χ1) is 2.56. The first-order valence-corrected chi connectivity index (χ1v) is 1.33. The van der Waals surface area contributed by atoms with Crippen LogP contribution in [-0.4, -0.2) is 13.3 Å². The molecule has 0 heterocycles. The molecular formula is C2H4F2NO. The molecule has 0 aliphatic carbocycles. The van der Waals surface area contributed by atoms with Crippen LogP contribution >= 0.6 is 0 Å². The predicted octanol–water partition coefficient (Wildman–Crippen LogP) is 0.187. The molecule has 0 aliphatic heterocycles. The Kier molecular flexibility index (Phi) is 1.43. The Labute approximate surface area is 33.8 Å². The zero-order valence-corrected chi connectivity index (χ0v) is 3.16. The van der Waals surface area contributed by atoms with E-state index < -0.39 is 6.23 Å². The van der Waals surface area contributed by atoms with Crippen molar-refractivity contribution in [1.82, 2.24) is 5.32 Å². The average Bonchev–Trinajstić information content (AvgIpc) is 1.35. The first kappa shape index (κ1) is 5.78. The zero-order valence-electron chi connectivity index (χ0n) is 3.16. The number of rotatable bonds is 1. The standard InChI is InChI=1S/C2H4F2NO/c1-5-2(3,4)6/h5H,1H3. The van der Waals surface area contributed by atoms with Crippen molar-refractivity contribution in [3.63, 3.8) is 0 Å². The Bertz CT molecular complexity index is 41.3. The van der Waals surface area contributed by atoms with Gasteiger partial charge in [-0.3, -0.25) is 0 Å². The summed E-state index contributed by atoms with van der Waals surface area (Å²) >= 11 is 0. The van der Waals surface area contributed by atoms with Crippen LogP contribution in [0, 0.1) is 0 Å². The number of hydrogen-bond acceptors (Lipinski definition) is 1. The van der Waals surface area contributed by atoms with Crippen molar-refractivity contribution >= 4 is 0 Å². The van der Waals surface area contributed by atoms with E-state index >= 15 is 0 Å². The predicted molar refractivity (Wildman–Crippen MR) is 14.7 cm³/mol. The van der Waals surface area contributed by atoms with Crippen LogP contribution in [0.25, 0.3) is 0 Å². The molecule has 0 saturated carbocycles. The highest BCUT2D eigenvalue weighted by Crippen LogP contribution is 1.99. The van der Waals surface area contributed by atoms with E-state index in [-0.39, 0.29) is 0 Å². The Balaban J connectivity index is 3.17. The van der Waals surface area contributed by atoms with Gasteiger partial charge in [-0.1, -0.05) is 0 Å². The summed E-state index contributed by atoms with van der Waals surface area (Å²) in [7, 11) is 0.896. The van der Waals surface area contributed by atoms with Crippen molar-refractivity contribution in [2.45, 2.75) is 6.23 Å². The van der Waals surface area contributed by atoms with Crippen LogP contribution in [0.15, 0.2) is 0 Å². The Morgan fingerprint density at radius 3 is 1.83 bits per heavy atom. The third-order valence-corrected chi connectivity index (χ3v) is 0.291. The Morgan fingerprint density at radius 1 is 1.67 bits per heavy atom. The fourth-order valence-corrected chi connectivity index (χ4v) is 0. The summed E-state index contributed by atoms with van der Waals surface area (Å²) in [6.07, 6.45) is -3.96. The van der Waals surface area contributed by atoms with Gasteiger partial charge < -0.3 is 0 Å². The van der Waals surface area contributed by atoms with Crippen molar-refractivity contribution < 1.29 is 13.9 Å². The molecule has 0 rings (SSSR count). The molecule has 0 amide bonds. The molecule has 1 radical (unpaired) electrons. The molecule has 6 heavy (non-hydrogen) atoms. The third kappa shape index (κ3) is 3.78. The molecule has 1 N–H and O–H groups in total. The topological polar surface area (TPSA) is 31.9 Å². The van der Waals surface area contributed by atoms with E-state index in [0.29, 0.717) is 0 Å². The molecule has 0 saturated heterocycles. The van der Waals surface area contributed by atoms with Crippen LogP contribution < -0.4 is 5.32 Å². The first-order valence-electron chi connectivity index (χ1n) is 1.33. The number of alkyl halides is 2. The van der Waals surface area contributed by atoms with E-state index in [2.05, 4.69) is 0 Å². The summed E-state index contributed by atoms with van der Waals surface area (Å²) in [5.74, 6) is 0. The van der Waals surface area contributed by atoms with E-state index in [1.54, 1.807) is 0 Å². The molecular weight excluding hydrogens is 92.0 g/mol. The van der Waals surface area contributed by atoms with Crippen molar-refractivity contribution in [3.05, 3.63) is 0 Å². The van der Waals surface area contributed by atoms with Crippen LogP contribution in [0.2, 0.25) is 0 Å². The molecule has 0 aromatic carbocycles. The van der Waals surface area contributed by atoms with Gasteiger partial charge in [0.1, 0.15) is 0 Å². The van der Waals surface area contributed by atoms with E-state index in [0.717, 1.165) is 7.05 Å². The fraction of sp³-hybridized carbons (Fsp3) is 1.00. The molecule has 2 nitrogen and oxygen atoms in total. The molecule has 0 fully saturated rings. The van der Waals surface area contributed by atoms with E-state index in [1.807, 2.05) is 0 Å². The van der Waals surface area contributed by atoms with Crippen LogP contribution in [-0.2, 0) is 5.11 Å². The highest BCUT2D eigenvalue weighted by Gasteiger charge is 2.22. The lowest BCUT2D eigenvalue weighted by Crippen LogP contribution is -2.30. The van der Waals surface area contributed by atoms with Gasteiger partial charge in [0.05, 0.1) is 0 Å². The average molecular weight is 96.1 g/mol. The monoisotopic (exact) mass is 96.0 g/mol. The lowest BCUT2D eigenvalue weighted by Gasteiger charge is -1.99. The van der Waals surface area contributed by atoms with E-state index in [9.17, 15) is 8.78 Å². The smallest absolute Gasteiger partial charge is 0.233 e. The van der Waals surface area contributed by atoms with Crippen LogP contribution in [0.5, 0.6) is 0 Å². The second-order valence-corrected chi connectivity index (χ2v) is 0.767. The molecule has 0 atom stereocenters. The minimum absolute atomic E-state index is 0.896. The largest absolute Gasteiger partial charge is 0.448 e. The van der Waals surface area contributed by atoms with Gasteiger partial charge in [0.25, 0.3) is 0 Å². The maximum Gasteiger partial charge on any atom is 0.448 e. The third-order valence-electron chi connectivity index (χ3n) is 0.291. The van der Waals surface area contributed by atoms with Crippen LogP contribution in [0.4, 0.5) is 8.78 Å². The number of hydrogen-bond donors (Lipinski definition) is 1. The quantitative estimate of drug-likeness (QED) is 0.366. The Hall–Kier alpha value is -0.220. The van der Waals surface area contributed by atoms with E-state index in [4.69, 9.17) is 5.11 Å². The van der Waals surface area contributed by atoms with E-state index in [1.165, 1.54) is 5.32 Å². The lowest BCUT2D eigenvalue weighted by molar-refractivity contribution is -0.259. The van der Waals surface area contributed by atoms with Crippen LogP contribution in [0.1, 0.15) is 0 Å². The van der Waals surface area contributed by atoms with Crippen molar-refractivity contribution in [1.29, 1.82) is 0 Å². The molecule has 0 aliphatic rings. The minimum atomic E-state index is -3.96. The van der Waals surface area contributed by atoms with Crippen LogP contribution in [0.3, 0.4) is 0 Å². The van der Waals surface area contributed by atoms with Gasteiger partial charge in [0, 0.05) is 0 Å². The number of nitrogens with one attached hydrogen (secondary N) is 1. The second-order valence-electron chi connectivity index (χ2n) is 0.767. The van der Waals surface area contributed by atoms with Crippen molar-refractivity contribution in [3.8, 4) is 0 Å². The normalized spacial score (nSPS) is 12.0. The second kappa shape index (κ2) is 1.49. The molecule has 0 aromatic rings. The van der Waals surface area contributed by atoms with Gasteiger partial charge >= 0.3 is 6.23 Å². The SMILES string of the molecule is CNC([O])(F)F. The summed E-state index contributed by atoms with van der Waals surface area (Å²) in [4.78, 5) is 0. The maximum absolute atomic E-state index is 10.8. The molecule has 0 aromatic heterocycles. The summed E-state index contributed by atoms with van der Waals surface area (Å²) in [5.41, 5.74) is 0. The Morgan fingerprint density at radius 2 is 1.83 bits per heavy atom. The van der Waals surface area contributed by atoms with Gasteiger partial charge in [-0.15, -0.1) is 5.11 Å². The lowest BCUT2D eigenvalue weighted by atomic mass is 11.0. The summed E-state index contributed by atoms with van der Waals surface area (Å²) in [5, 5.41) is 10.2. The fourth-order valence-electron chi connectivity index (χ4n) is 0. The maximum atomic E-state index is 10.8. The van der Waals surface area contributed by atoms with Gasteiger partial charge in [0.2, 0.25) is 0 Å². The molecule has 0 spiro atoms. The van der Waals surface area contributed by atoms with Crippen molar-refractivity contribution in [2.75, 3.05) is 7.05 Å². The summed E-state index contributed by atoms with van der Waals surface area (Å²) in [6.45, 7) is 0. The van der Waals surface area contributed by atoms with Gasteiger partial charge in [-0.25, -0.2) is 5.32 Å². The highest BCUT2D eigenvalue weighted by molar-refractivity contribution is 4.31. The van der Waals surface area contributed by atoms with Gasteiger partial charge in [0.15, 0.2) is 0 Å². The number of halogens is 2. The van der Waals surface area contributed by atoms with Gasteiger partial charge in [-0.05, 0) is 7.05 Å². The summed E-state index contributed by atoms with van der Waals surface area (Å²) in [6, 6.07) is 0. The summed E-state index contributed by atoms with van der Waals surface area (Å²) < 4.78 is 21.6. The molecule has 0 bridgehead atoms. The minimum Gasteiger partial charge on any atom is -0.233 e. The molecule has 4 heteroatoms. The van der Waals surface area contributed by atoms with Crippen molar-refractivity contribution in [2.24, 2.45) is 0 Å². The highest BCUT2D eigenvalue weighted by atomic mass is 19.3. The zero-order chi connectivity index (χ0) is 5.21.